The molecule has 3 rings (SSSR count). The maximum absolute atomic E-state index is 12.0. The summed E-state index contributed by atoms with van der Waals surface area (Å²) in [6.45, 7) is 0.416. The highest BCUT2D eigenvalue weighted by Crippen LogP contribution is 2.22. The first-order valence-electron chi connectivity index (χ1n) is 5.77. The van der Waals surface area contributed by atoms with Crippen molar-refractivity contribution in [3.63, 3.8) is 0 Å². The van der Waals surface area contributed by atoms with E-state index in [1.807, 2.05) is 36.4 Å². The lowest BCUT2D eigenvalue weighted by atomic mass is 10.2. The summed E-state index contributed by atoms with van der Waals surface area (Å²) >= 11 is 12.2. The topological polar surface area (TPSA) is 37.8 Å². The van der Waals surface area contributed by atoms with Gasteiger partial charge >= 0.3 is 5.69 Å². The molecular weight excluding hydrogens is 283 g/mol. The second-order valence-corrected chi connectivity index (χ2v) is 5.06. The molecule has 0 atom stereocenters. The van der Waals surface area contributed by atoms with Gasteiger partial charge in [0.2, 0.25) is 0 Å². The van der Waals surface area contributed by atoms with Crippen LogP contribution in [0.3, 0.4) is 0 Å². The molecule has 5 heteroatoms. The fourth-order valence-corrected chi connectivity index (χ4v) is 2.51. The lowest BCUT2D eigenvalue weighted by Crippen LogP contribution is -2.17. The van der Waals surface area contributed by atoms with Gasteiger partial charge in [-0.2, -0.15) is 0 Å². The first kappa shape index (κ1) is 12.3. The van der Waals surface area contributed by atoms with E-state index in [1.54, 1.807) is 10.6 Å². The molecule has 1 aromatic heterocycles. The molecule has 19 heavy (non-hydrogen) atoms. The first-order chi connectivity index (χ1) is 9.16. The fraction of sp³-hybridized carbons (Fsp3) is 0.0714. The number of para-hydroxylation sites is 1. The Morgan fingerprint density at radius 1 is 1.00 bits per heavy atom. The number of aromatic amines is 1. The molecule has 0 bridgehead atoms. The van der Waals surface area contributed by atoms with Gasteiger partial charge in [-0.05, 0) is 23.8 Å². The molecule has 0 saturated carbocycles. The summed E-state index contributed by atoms with van der Waals surface area (Å²) in [5.74, 6) is 0. The zero-order chi connectivity index (χ0) is 13.4. The molecule has 0 fully saturated rings. The number of nitrogens with one attached hydrogen (secondary N) is 1. The molecule has 2 aromatic carbocycles. The Morgan fingerprint density at radius 3 is 2.53 bits per heavy atom. The SMILES string of the molecule is O=c1[nH]c2c(Cl)cccc2n1Cc1ccccc1Cl. The zero-order valence-corrected chi connectivity index (χ0v) is 11.4. The van der Waals surface area contributed by atoms with Gasteiger partial charge in [0.15, 0.2) is 0 Å². The molecule has 0 spiro atoms. The quantitative estimate of drug-likeness (QED) is 0.769. The summed E-state index contributed by atoms with van der Waals surface area (Å²) in [5, 5.41) is 1.18. The molecule has 0 radical (unpaired) electrons. The molecule has 0 unspecified atom stereocenters. The standard InChI is InChI=1S/C14H10Cl2N2O/c15-10-5-2-1-4-9(10)8-18-12-7-3-6-11(16)13(12)17-14(18)19/h1-7H,8H2,(H,17,19). The van der Waals surface area contributed by atoms with Gasteiger partial charge in [-0.15, -0.1) is 0 Å². The minimum Gasteiger partial charge on any atom is -0.304 e. The highest BCUT2D eigenvalue weighted by Gasteiger charge is 2.10. The smallest absolute Gasteiger partial charge is 0.304 e. The average molecular weight is 293 g/mol. The van der Waals surface area contributed by atoms with E-state index >= 15 is 0 Å². The van der Waals surface area contributed by atoms with Crippen molar-refractivity contribution in [2.45, 2.75) is 6.54 Å². The normalized spacial score (nSPS) is 11.1. The Labute approximate surface area is 119 Å². The van der Waals surface area contributed by atoms with Crippen molar-refractivity contribution in [1.29, 1.82) is 0 Å². The Hall–Kier alpha value is -1.71. The van der Waals surface area contributed by atoms with Crippen molar-refractivity contribution < 1.29 is 0 Å². The molecule has 0 aliphatic rings. The summed E-state index contributed by atoms with van der Waals surface area (Å²) in [7, 11) is 0. The van der Waals surface area contributed by atoms with Crippen LogP contribution in [0.1, 0.15) is 5.56 Å². The Bertz CT molecular complexity index is 805. The molecule has 0 aliphatic heterocycles. The third-order valence-corrected chi connectivity index (χ3v) is 3.73. The minimum atomic E-state index is -0.192. The number of hydrogen-bond donors (Lipinski definition) is 1. The molecule has 1 heterocycles. The molecule has 0 saturated heterocycles. The number of rotatable bonds is 2. The summed E-state index contributed by atoms with van der Waals surface area (Å²) in [4.78, 5) is 14.8. The molecule has 96 valence electrons. The highest BCUT2D eigenvalue weighted by atomic mass is 35.5. The van der Waals surface area contributed by atoms with E-state index in [1.165, 1.54) is 0 Å². The summed E-state index contributed by atoms with van der Waals surface area (Å²) in [5.41, 5.74) is 2.13. The van der Waals surface area contributed by atoms with Gasteiger partial charge in [0, 0.05) is 5.02 Å². The van der Waals surface area contributed by atoms with Gasteiger partial charge in [-0.3, -0.25) is 4.57 Å². The maximum atomic E-state index is 12.0. The third kappa shape index (κ3) is 2.15. The second kappa shape index (κ2) is 4.76. The lowest BCUT2D eigenvalue weighted by molar-refractivity contribution is 0.787. The second-order valence-electron chi connectivity index (χ2n) is 4.24. The third-order valence-electron chi connectivity index (χ3n) is 3.05. The van der Waals surface area contributed by atoms with E-state index < -0.39 is 0 Å². The maximum Gasteiger partial charge on any atom is 0.326 e. The summed E-state index contributed by atoms with van der Waals surface area (Å²) in [6, 6.07) is 12.9. The van der Waals surface area contributed by atoms with Crippen LogP contribution in [0, 0.1) is 0 Å². The minimum absolute atomic E-state index is 0.192. The number of imidazole rings is 1. The number of nitrogens with zero attached hydrogens (tertiary/aromatic N) is 1. The van der Waals surface area contributed by atoms with Crippen LogP contribution in [0.25, 0.3) is 11.0 Å². The van der Waals surface area contributed by atoms with Crippen LogP contribution in [0.15, 0.2) is 47.3 Å². The Kier molecular flexibility index (Phi) is 3.09. The average Bonchev–Trinajstić information content (AvgIpc) is 2.71. The molecule has 3 nitrogen and oxygen atoms in total. The van der Waals surface area contributed by atoms with Crippen LogP contribution in [0.2, 0.25) is 10.0 Å². The zero-order valence-electron chi connectivity index (χ0n) is 9.86. The number of fused-ring (bicyclic) bond motifs is 1. The van der Waals surface area contributed by atoms with Crippen molar-refractivity contribution >= 4 is 34.2 Å². The van der Waals surface area contributed by atoms with E-state index in [9.17, 15) is 4.79 Å². The van der Waals surface area contributed by atoms with E-state index in [2.05, 4.69) is 4.98 Å². The predicted molar refractivity (Wildman–Crippen MR) is 78.1 cm³/mol. The predicted octanol–water partition coefficient (Wildman–Crippen LogP) is 3.68. The first-order valence-corrected chi connectivity index (χ1v) is 6.53. The number of H-pyrrole nitrogens is 1. The lowest BCUT2D eigenvalue weighted by Gasteiger charge is -2.05. The van der Waals surface area contributed by atoms with Crippen LogP contribution < -0.4 is 5.69 Å². The monoisotopic (exact) mass is 292 g/mol. The molecule has 3 aromatic rings. The summed E-state index contributed by atoms with van der Waals surface area (Å²) < 4.78 is 1.63. The fourth-order valence-electron chi connectivity index (χ4n) is 2.10. The molecular formula is C14H10Cl2N2O. The van der Waals surface area contributed by atoms with Crippen molar-refractivity contribution in [1.82, 2.24) is 9.55 Å². The van der Waals surface area contributed by atoms with E-state index in [4.69, 9.17) is 23.2 Å². The van der Waals surface area contributed by atoms with Crippen LogP contribution in [0.5, 0.6) is 0 Å². The van der Waals surface area contributed by atoms with Crippen molar-refractivity contribution in [3.05, 3.63) is 68.6 Å². The van der Waals surface area contributed by atoms with Crippen LogP contribution in [0.4, 0.5) is 0 Å². The van der Waals surface area contributed by atoms with Crippen molar-refractivity contribution in [2.24, 2.45) is 0 Å². The van der Waals surface area contributed by atoms with Gasteiger partial charge in [0.1, 0.15) is 0 Å². The van der Waals surface area contributed by atoms with E-state index in [0.717, 1.165) is 11.1 Å². The van der Waals surface area contributed by atoms with Gasteiger partial charge in [-0.25, -0.2) is 4.79 Å². The van der Waals surface area contributed by atoms with Gasteiger partial charge < -0.3 is 4.98 Å². The van der Waals surface area contributed by atoms with Gasteiger partial charge in [0.05, 0.1) is 22.6 Å². The Balaban J connectivity index is 2.16. The molecule has 0 aliphatic carbocycles. The number of benzene rings is 2. The van der Waals surface area contributed by atoms with Crippen molar-refractivity contribution in [3.8, 4) is 0 Å². The van der Waals surface area contributed by atoms with E-state index in [0.29, 0.717) is 22.1 Å². The van der Waals surface area contributed by atoms with Crippen LogP contribution >= 0.6 is 23.2 Å². The van der Waals surface area contributed by atoms with Crippen molar-refractivity contribution in [2.75, 3.05) is 0 Å². The number of halogens is 2. The Morgan fingerprint density at radius 2 is 1.74 bits per heavy atom. The van der Waals surface area contributed by atoms with Crippen LogP contribution in [-0.2, 0) is 6.54 Å². The van der Waals surface area contributed by atoms with Gasteiger partial charge in [-0.1, -0.05) is 47.5 Å². The largest absolute Gasteiger partial charge is 0.326 e. The highest BCUT2D eigenvalue weighted by molar-refractivity contribution is 6.34. The van der Waals surface area contributed by atoms with Crippen LogP contribution in [-0.4, -0.2) is 9.55 Å². The van der Waals surface area contributed by atoms with E-state index in [-0.39, 0.29) is 5.69 Å². The van der Waals surface area contributed by atoms with Gasteiger partial charge in [0.25, 0.3) is 0 Å². The number of aromatic nitrogens is 2. The molecule has 0 amide bonds. The molecule has 1 N–H and O–H groups in total. The number of hydrogen-bond acceptors (Lipinski definition) is 1. The summed E-state index contributed by atoms with van der Waals surface area (Å²) in [6.07, 6.45) is 0.